The smallest absolute Gasteiger partial charge is 0.342 e. The van der Waals surface area contributed by atoms with Crippen molar-refractivity contribution in [3.63, 3.8) is 0 Å². The van der Waals surface area contributed by atoms with E-state index in [1.54, 1.807) is 12.1 Å². The van der Waals surface area contributed by atoms with Crippen LogP contribution in [0.4, 0.5) is 0 Å². The third kappa shape index (κ3) is 6.64. The predicted octanol–water partition coefficient (Wildman–Crippen LogP) is 8.54. The van der Waals surface area contributed by atoms with E-state index in [0.717, 1.165) is 0 Å². The molecule has 0 aliphatic rings. The van der Waals surface area contributed by atoms with Crippen LogP contribution in [-0.2, 0) is 4.74 Å². The van der Waals surface area contributed by atoms with Gasteiger partial charge in [0.25, 0.3) is 16.6 Å². The van der Waals surface area contributed by atoms with Gasteiger partial charge in [0.05, 0.1) is 5.02 Å². The molecule has 182 valence electrons. The van der Waals surface area contributed by atoms with Gasteiger partial charge in [0, 0.05) is 12.5 Å². The van der Waals surface area contributed by atoms with E-state index in [9.17, 15) is 4.79 Å². The summed E-state index contributed by atoms with van der Waals surface area (Å²) < 4.78 is 18.9. The zero-order valence-corrected chi connectivity index (χ0v) is 24.9. The molecule has 32 heavy (non-hydrogen) atoms. The van der Waals surface area contributed by atoms with Crippen LogP contribution in [0, 0.1) is 6.92 Å². The minimum Gasteiger partial charge on any atom is -0.543 e. The Balaban J connectivity index is 3.66. The Morgan fingerprint density at radius 1 is 1.03 bits per heavy atom. The molecule has 0 amide bonds. The molecule has 0 spiro atoms. The van der Waals surface area contributed by atoms with Crippen LogP contribution < -0.4 is 8.85 Å². The Morgan fingerprint density at radius 3 is 1.88 bits per heavy atom. The molecule has 1 aromatic carbocycles. The lowest BCUT2D eigenvalue weighted by atomic mass is 10.1. The molecule has 1 aromatic rings. The van der Waals surface area contributed by atoms with Gasteiger partial charge in [-0.05, 0) is 55.7 Å². The maximum absolute atomic E-state index is 13.2. The van der Waals surface area contributed by atoms with Crippen LogP contribution in [0.3, 0.4) is 0 Å². The lowest BCUT2D eigenvalue weighted by Crippen LogP contribution is -2.45. The first-order valence-corrected chi connectivity index (χ1v) is 17.5. The van der Waals surface area contributed by atoms with Crippen molar-refractivity contribution in [1.82, 2.24) is 0 Å². The number of esters is 1. The summed E-state index contributed by atoms with van der Waals surface area (Å²) in [5, 5.41) is 0.390. The number of halogens is 1. The van der Waals surface area contributed by atoms with E-state index in [0.29, 0.717) is 34.1 Å². The van der Waals surface area contributed by atoms with Crippen molar-refractivity contribution in [2.75, 3.05) is 0 Å². The molecule has 0 aliphatic heterocycles. The highest BCUT2D eigenvalue weighted by Crippen LogP contribution is 2.45. The Labute approximate surface area is 202 Å². The van der Waals surface area contributed by atoms with Crippen LogP contribution in [-0.4, -0.2) is 28.7 Å². The third-order valence-electron chi connectivity index (χ3n) is 6.78. The zero-order chi connectivity index (χ0) is 25.3. The maximum Gasteiger partial charge on any atom is 0.342 e. The van der Waals surface area contributed by atoms with Gasteiger partial charge in [-0.25, -0.2) is 4.79 Å². The van der Waals surface area contributed by atoms with Crippen molar-refractivity contribution >= 4 is 34.2 Å². The molecule has 7 heteroatoms. The zero-order valence-electron chi connectivity index (χ0n) is 22.2. The van der Waals surface area contributed by atoms with Gasteiger partial charge in [0.2, 0.25) is 0 Å². The van der Waals surface area contributed by atoms with Crippen LogP contribution in [0.15, 0.2) is 18.7 Å². The molecule has 0 saturated heterocycles. The first-order chi connectivity index (χ1) is 14.2. The van der Waals surface area contributed by atoms with Crippen molar-refractivity contribution in [2.45, 2.75) is 104 Å². The number of ether oxygens (including phenoxy) is 1. The summed E-state index contributed by atoms with van der Waals surface area (Å²) in [7, 11) is -4.40. The minimum atomic E-state index is -2.25. The highest BCUT2D eigenvalue weighted by Gasteiger charge is 2.42. The van der Waals surface area contributed by atoms with Gasteiger partial charge in [-0.2, -0.15) is 0 Å². The number of hydrogen-bond donors (Lipinski definition) is 0. The van der Waals surface area contributed by atoms with Crippen molar-refractivity contribution < 1.29 is 18.4 Å². The fraction of sp³-hybridized carbons (Fsp3) is 0.640. The minimum absolute atomic E-state index is 0.00239. The first-order valence-electron chi connectivity index (χ1n) is 11.3. The number of carbonyl (C=O) groups is 1. The van der Waals surface area contributed by atoms with E-state index >= 15 is 0 Å². The van der Waals surface area contributed by atoms with Gasteiger partial charge >= 0.3 is 5.97 Å². The molecule has 0 bridgehead atoms. The average Bonchev–Trinajstić information content (AvgIpc) is 2.56. The second-order valence-corrected chi connectivity index (χ2v) is 21.5. The quantitative estimate of drug-likeness (QED) is 0.204. The van der Waals surface area contributed by atoms with Gasteiger partial charge in [-0.15, -0.1) is 6.58 Å². The fourth-order valence-electron chi connectivity index (χ4n) is 2.52. The highest BCUT2D eigenvalue weighted by atomic mass is 35.5. The van der Waals surface area contributed by atoms with E-state index in [4.69, 9.17) is 25.2 Å². The maximum atomic E-state index is 13.2. The molecule has 0 saturated carbocycles. The fourth-order valence-corrected chi connectivity index (χ4v) is 4.81. The van der Waals surface area contributed by atoms with Gasteiger partial charge < -0.3 is 13.6 Å². The number of hydrogen-bond acceptors (Lipinski definition) is 4. The van der Waals surface area contributed by atoms with Crippen molar-refractivity contribution in [2.24, 2.45) is 0 Å². The van der Waals surface area contributed by atoms with E-state index in [1.165, 1.54) is 0 Å². The summed E-state index contributed by atoms with van der Waals surface area (Å²) in [5.41, 5.74) is 0.991. The monoisotopic (exact) mass is 498 g/mol. The number of rotatable bonds is 8. The van der Waals surface area contributed by atoms with Crippen LogP contribution in [0.5, 0.6) is 11.5 Å². The molecule has 0 aromatic heterocycles. The van der Waals surface area contributed by atoms with Crippen LogP contribution in [0.2, 0.25) is 41.3 Å². The summed E-state index contributed by atoms with van der Waals surface area (Å²) >= 11 is 6.76. The molecule has 0 heterocycles. The van der Waals surface area contributed by atoms with Gasteiger partial charge in [0.15, 0.2) is 0 Å². The Hall–Kier alpha value is -1.25. The third-order valence-corrected chi connectivity index (χ3v) is 15.9. The van der Waals surface area contributed by atoms with Gasteiger partial charge in [-0.1, -0.05) is 59.2 Å². The molecule has 0 fully saturated rings. The summed E-state index contributed by atoms with van der Waals surface area (Å²) in [5.74, 6) is 0.620. The van der Waals surface area contributed by atoms with E-state index in [-0.39, 0.29) is 16.2 Å². The number of benzene rings is 1. The molecule has 0 unspecified atom stereocenters. The summed E-state index contributed by atoms with van der Waals surface area (Å²) in [4.78, 5) is 13.2. The topological polar surface area (TPSA) is 44.8 Å². The molecular formula is C25H43ClO4Si2. The molecule has 1 atom stereocenters. The average molecular weight is 499 g/mol. The van der Waals surface area contributed by atoms with Crippen LogP contribution in [0.1, 0.15) is 70.8 Å². The molecule has 0 radical (unpaired) electrons. The highest BCUT2D eigenvalue weighted by molar-refractivity contribution is 6.75. The molecular weight excluding hydrogens is 456 g/mol. The normalized spacial score (nSPS) is 14.0. The van der Waals surface area contributed by atoms with E-state index in [1.807, 2.05) is 13.8 Å². The molecule has 1 rings (SSSR count). The summed E-state index contributed by atoms with van der Waals surface area (Å²) in [6, 6.07) is 1.80. The SMILES string of the molecule is C=CC[C@@H](C)OC(=O)c1c(O[Si](C)(C)C(C)(C)C)cc(O[Si](C)(C)C(C)(C)C)c(Cl)c1C. The predicted molar refractivity (Wildman–Crippen MR) is 142 cm³/mol. The standard InChI is InChI=1S/C25H43ClO4Si2/c1-14-15-17(2)28-23(27)21-18(3)22(26)20(30-32(12,13)25(7,8)9)16-19(21)29-31(10,11)24(4,5)6/h14,16-17H,1,15H2,2-13H3/t17-/m1/s1. The van der Waals surface area contributed by atoms with Gasteiger partial charge in [0.1, 0.15) is 23.2 Å². The molecule has 4 nitrogen and oxygen atoms in total. The van der Waals surface area contributed by atoms with Crippen LogP contribution >= 0.6 is 11.6 Å². The lowest BCUT2D eigenvalue weighted by molar-refractivity contribution is 0.0345. The van der Waals surface area contributed by atoms with Gasteiger partial charge in [-0.3, -0.25) is 0 Å². The van der Waals surface area contributed by atoms with Crippen molar-refractivity contribution in [3.8, 4) is 11.5 Å². The summed E-state index contributed by atoms with van der Waals surface area (Å²) in [6.07, 6.45) is 2.02. The Bertz CT molecular complexity index is 849. The number of carbonyl (C=O) groups excluding carboxylic acids is 1. The van der Waals surface area contributed by atoms with Crippen molar-refractivity contribution in [1.29, 1.82) is 0 Å². The summed E-state index contributed by atoms with van der Waals surface area (Å²) in [6.45, 7) is 29.1. The molecule has 0 N–H and O–H groups in total. The second kappa shape index (κ2) is 9.94. The first kappa shape index (κ1) is 28.8. The lowest BCUT2D eigenvalue weighted by Gasteiger charge is -2.39. The molecule has 0 aliphatic carbocycles. The van der Waals surface area contributed by atoms with E-state index in [2.05, 4.69) is 74.3 Å². The Kier molecular flexibility index (Phi) is 8.94. The van der Waals surface area contributed by atoms with Crippen LogP contribution in [0.25, 0.3) is 0 Å². The second-order valence-electron chi connectivity index (χ2n) is 11.7. The largest absolute Gasteiger partial charge is 0.543 e. The van der Waals surface area contributed by atoms with Crippen molar-refractivity contribution in [3.05, 3.63) is 34.9 Å². The Morgan fingerprint density at radius 2 is 1.47 bits per heavy atom. The van der Waals surface area contributed by atoms with E-state index < -0.39 is 22.6 Å².